The molecule has 0 radical (unpaired) electrons. The van der Waals surface area contributed by atoms with Gasteiger partial charge in [0.2, 0.25) is 5.91 Å². The summed E-state index contributed by atoms with van der Waals surface area (Å²) in [5.41, 5.74) is 6.57. The third kappa shape index (κ3) is 4.09. The third-order valence-electron chi connectivity index (χ3n) is 3.89. The lowest BCUT2D eigenvalue weighted by Gasteiger charge is -2.18. The molecular weight excluding hydrogens is 330 g/mol. The van der Waals surface area contributed by atoms with Crippen LogP contribution in [0.5, 0.6) is 0 Å². The predicted molar refractivity (Wildman–Crippen MR) is 97.8 cm³/mol. The highest BCUT2D eigenvalue weighted by atomic mass is 32.1. The Balaban J connectivity index is 2.21. The number of nitrogens with two attached hydrogens (primary N) is 1. The Morgan fingerprint density at radius 2 is 2.00 bits per heavy atom. The maximum Gasteiger partial charge on any atom is 0.251 e. The number of hydrogen-bond donors (Lipinski definition) is 3. The molecule has 23 heavy (non-hydrogen) atoms. The van der Waals surface area contributed by atoms with E-state index in [2.05, 4.69) is 17.6 Å². The molecule has 1 atom stereocenters. The van der Waals surface area contributed by atoms with E-state index in [1.807, 2.05) is 20.8 Å². The Hall–Kier alpha value is -1.47. The summed E-state index contributed by atoms with van der Waals surface area (Å²) in [4.78, 5) is 25.0. The topological polar surface area (TPSA) is 84.2 Å². The van der Waals surface area contributed by atoms with Crippen LogP contribution >= 0.6 is 23.6 Å². The average Bonchev–Trinajstić information content (AvgIpc) is 2.73. The zero-order valence-electron chi connectivity index (χ0n) is 13.9. The highest BCUT2D eigenvalue weighted by Crippen LogP contribution is 2.39. The number of thiophene rings is 1. The first kappa shape index (κ1) is 17.9. The second-order valence-electron chi connectivity index (χ2n) is 7.08. The maximum atomic E-state index is 12.0. The molecule has 4 N–H and O–H groups in total. The van der Waals surface area contributed by atoms with E-state index >= 15 is 0 Å². The quantitative estimate of drug-likeness (QED) is 0.714. The number of nitrogens with one attached hydrogen (secondary N) is 2. The average molecular weight is 354 g/mol. The number of carbonyl (C=O) groups is 2. The van der Waals surface area contributed by atoms with Crippen molar-refractivity contribution in [2.24, 2.45) is 17.1 Å². The molecule has 2 rings (SSSR count). The molecule has 1 aromatic heterocycles. The summed E-state index contributed by atoms with van der Waals surface area (Å²) in [5.74, 6) is -0.0302. The van der Waals surface area contributed by atoms with Gasteiger partial charge in [0.25, 0.3) is 5.91 Å². The highest BCUT2D eigenvalue weighted by molar-refractivity contribution is 7.80. The fraction of sp³-hybridized carbons (Fsp3) is 0.562. The van der Waals surface area contributed by atoms with E-state index in [1.54, 1.807) is 0 Å². The van der Waals surface area contributed by atoms with Gasteiger partial charge in [-0.15, -0.1) is 11.3 Å². The van der Waals surface area contributed by atoms with Crippen LogP contribution in [0.4, 0.5) is 5.00 Å². The van der Waals surface area contributed by atoms with Crippen LogP contribution in [0.15, 0.2) is 0 Å². The number of rotatable bonds is 2. The SMILES string of the molecule is C[C@H]1CCc2c(sc(NC(=S)NC(=O)C(C)(C)C)c2C(N)=O)C1. The lowest BCUT2D eigenvalue weighted by atomic mass is 9.88. The number of hydrogen-bond acceptors (Lipinski definition) is 4. The summed E-state index contributed by atoms with van der Waals surface area (Å²) in [5, 5.41) is 6.47. The number of carbonyl (C=O) groups excluding carboxylic acids is 2. The van der Waals surface area contributed by atoms with Crippen LogP contribution in [0.3, 0.4) is 0 Å². The minimum Gasteiger partial charge on any atom is -0.365 e. The van der Waals surface area contributed by atoms with E-state index in [0.717, 1.165) is 24.8 Å². The Kier molecular flexibility index (Phi) is 5.10. The van der Waals surface area contributed by atoms with Gasteiger partial charge >= 0.3 is 0 Å². The van der Waals surface area contributed by atoms with Gasteiger partial charge in [0, 0.05) is 10.3 Å². The van der Waals surface area contributed by atoms with E-state index in [1.165, 1.54) is 16.2 Å². The van der Waals surface area contributed by atoms with Gasteiger partial charge in [0.15, 0.2) is 5.11 Å². The van der Waals surface area contributed by atoms with Crippen LogP contribution in [0.25, 0.3) is 0 Å². The molecule has 2 amide bonds. The Morgan fingerprint density at radius 1 is 1.35 bits per heavy atom. The van der Waals surface area contributed by atoms with Crippen LogP contribution in [-0.4, -0.2) is 16.9 Å². The van der Waals surface area contributed by atoms with Crippen LogP contribution in [-0.2, 0) is 17.6 Å². The van der Waals surface area contributed by atoms with Gasteiger partial charge in [-0.3, -0.25) is 9.59 Å². The van der Waals surface area contributed by atoms with E-state index in [0.29, 0.717) is 16.5 Å². The van der Waals surface area contributed by atoms with Crippen molar-refractivity contribution in [3.63, 3.8) is 0 Å². The van der Waals surface area contributed by atoms with Crippen LogP contribution in [0, 0.1) is 11.3 Å². The first-order valence-electron chi connectivity index (χ1n) is 7.66. The summed E-state index contributed by atoms with van der Waals surface area (Å²) < 4.78 is 0. The highest BCUT2D eigenvalue weighted by Gasteiger charge is 2.27. The van der Waals surface area contributed by atoms with Gasteiger partial charge in [0.05, 0.1) is 5.56 Å². The fourth-order valence-electron chi connectivity index (χ4n) is 2.52. The molecule has 126 valence electrons. The largest absolute Gasteiger partial charge is 0.365 e. The van der Waals surface area contributed by atoms with Gasteiger partial charge in [-0.2, -0.15) is 0 Å². The van der Waals surface area contributed by atoms with Crippen LogP contribution in [0.1, 0.15) is 54.9 Å². The molecule has 1 aliphatic carbocycles. The molecule has 0 bridgehead atoms. The van der Waals surface area contributed by atoms with Crippen molar-refractivity contribution in [1.29, 1.82) is 0 Å². The number of fused-ring (bicyclic) bond motifs is 1. The molecular formula is C16H23N3O2S2. The van der Waals surface area contributed by atoms with Crippen LogP contribution < -0.4 is 16.4 Å². The van der Waals surface area contributed by atoms with Crippen molar-refractivity contribution in [3.8, 4) is 0 Å². The molecule has 7 heteroatoms. The van der Waals surface area contributed by atoms with E-state index in [-0.39, 0.29) is 11.0 Å². The molecule has 0 aromatic carbocycles. The van der Waals surface area contributed by atoms with Gasteiger partial charge in [-0.25, -0.2) is 0 Å². The molecule has 0 fully saturated rings. The maximum absolute atomic E-state index is 12.0. The van der Waals surface area contributed by atoms with Crippen molar-refractivity contribution < 1.29 is 9.59 Å². The minimum absolute atomic E-state index is 0.175. The monoisotopic (exact) mass is 353 g/mol. The Bertz CT molecular complexity index is 659. The third-order valence-corrected chi connectivity index (χ3v) is 5.27. The van der Waals surface area contributed by atoms with Crippen LogP contribution in [0.2, 0.25) is 0 Å². The summed E-state index contributed by atoms with van der Waals surface area (Å²) in [6.07, 6.45) is 2.85. The number of thiocarbonyl (C=S) groups is 1. The molecule has 0 saturated carbocycles. The first-order chi connectivity index (χ1) is 10.6. The lowest BCUT2D eigenvalue weighted by Crippen LogP contribution is -2.41. The standard InChI is InChI=1S/C16H23N3O2S2/c1-8-5-6-9-10(7-8)23-13(11(9)12(17)20)18-15(22)19-14(21)16(2,3)4/h8H,5-7H2,1-4H3,(H2,17,20)(H2,18,19,21,22)/t8-/m0/s1. The summed E-state index contributed by atoms with van der Waals surface area (Å²) >= 11 is 6.71. The summed E-state index contributed by atoms with van der Waals surface area (Å²) in [7, 11) is 0. The van der Waals surface area contributed by atoms with Gasteiger partial charge < -0.3 is 16.4 Å². The molecule has 1 aliphatic rings. The molecule has 0 spiro atoms. The van der Waals surface area contributed by atoms with Crippen molar-refractivity contribution in [2.45, 2.75) is 47.0 Å². The van der Waals surface area contributed by atoms with E-state index in [9.17, 15) is 9.59 Å². The zero-order chi connectivity index (χ0) is 17.4. The lowest BCUT2D eigenvalue weighted by molar-refractivity contribution is -0.126. The molecule has 1 aromatic rings. The van der Waals surface area contributed by atoms with Gasteiger partial charge in [0.1, 0.15) is 5.00 Å². The van der Waals surface area contributed by atoms with Gasteiger partial charge in [-0.05, 0) is 43.0 Å². The zero-order valence-corrected chi connectivity index (χ0v) is 15.5. The molecule has 5 nitrogen and oxygen atoms in total. The van der Waals surface area contributed by atoms with E-state index in [4.69, 9.17) is 18.0 Å². The Morgan fingerprint density at radius 3 is 2.57 bits per heavy atom. The summed E-state index contributed by atoms with van der Waals surface area (Å²) in [6, 6.07) is 0. The molecule has 0 saturated heterocycles. The Labute approximate surface area is 146 Å². The first-order valence-corrected chi connectivity index (χ1v) is 8.88. The van der Waals surface area contributed by atoms with E-state index < -0.39 is 11.3 Å². The second kappa shape index (κ2) is 6.57. The van der Waals surface area contributed by atoms with Crippen molar-refractivity contribution >= 4 is 45.5 Å². The van der Waals surface area contributed by atoms with Crippen molar-refractivity contribution in [3.05, 3.63) is 16.0 Å². The molecule has 0 aliphatic heterocycles. The fourth-order valence-corrected chi connectivity index (χ4v) is 4.20. The smallest absolute Gasteiger partial charge is 0.251 e. The van der Waals surface area contributed by atoms with Crippen molar-refractivity contribution in [2.75, 3.05) is 5.32 Å². The molecule has 0 unspecified atom stereocenters. The van der Waals surface area contributed by atoms with Crippen molar-refractivity contribution in [1.82, 2.24) is 5.32 Å². The predicted octanol–water partition coefficient (Wildman–Crippen LogP) is 2.83. The summed E-state index contributed by atoms with van der Waals surface area (Å²) in [6.45, 7) is 7.63. The normalized spacial score (nSPS) is 17.3. The van der Waals surface area contributed by atoms with Gasteiger partial charge in [-0.1, -0.05) is 27.7 Å². The number of primary amides is 1. The number of anilines is 1. The number of amides is 2. The molecule has 1 heterocycles. The minimum atomic E-state index is -0.539. The second-order valence-corrected chi connectivity index (χ2v) is 8.59.